The molecule has 1 N–H and O–H groups in total. The van der Waals surface area contributed by atoms with Crippen molar-refractivity contribution in [2.45, 2.75) is 11.4 Å². The normalized spacial score (nSPS) is 14.5. The first-order valence-corrected chi connectivity index (χ1v) is 13.5. The number of benzene rings is 2. The summed E-state index contributed by atoms with van der Waals surface area (Å²) >= 11 is 0. The molecular weight excluding hydrogens is 538 g/mol. The summed E-state index contributed by atoms with van der Waals surface area (Å²) in [5, 5.41) is 4.46. The molecular formula is C26H23F4N5O3S. The van der Waals surface area contributed by atoms with E-state index in [1.807, 2.05) is 4.72 Å². The maximum absolute atomic E-state index is 15.8. The zero-order valence-electron chi connectivity index (χ0n) is 20.4. The second-order valence-electron chi connectivity index (χ2n) is 8.81. The molecule has 0 aliphatic carbocycles. The summed E-state index contributed by atoms with van der Waals surface area (Å²) in [7, 11) is -4.76. The van der Waals surface area contributed by atoms with Crippen LogP contribution in [0.5, 0.6) is 0 Å². The van der Waals surface area contributed by atoms with Gasteiger partial charge in [0.15, 0.2) is 5.82 Å². The molecule has 0 unspecified atom stereocenters. The fourth-order valence-electron chi connectivity index (χ4n) is 4.26. The molecule has 13 heteroatoms. The highest BCUT2D eigenvalue weighted by Crippen LogP contribution is 2.37. The van der Waals surface area contributed by atoms with Crippen LogP contribution in [0.15, 0.2) is 66.0 Å². The van der Waals surface area contributed by atoms with Gasteiger partial charge in [-0.15, -0.1) is 0 Å². The topological polar surface area (TPSA) is 89.4 Å². The number of nitrogens with one attached hydrogen (secondary N) is 1. The number of pyridine rings is 1. The van der Waals surface area contributed by atoms with Crippen molar-refractivity contribution in [1.82, 2.24) is 19.7 Å². The Bertz CT molecular complexity index is 1590. The summed E-state index contributed by atoms with van der Waals surface area (Å²) in [6, 6.07) is 6.91. The van der Waals surface area contributed by atoms with Gasteiger partial charge < -0.3 is 4.74 Å². The van der Waals surface area contributed by atoms with E-state index in [2.05, 4.69) is 15.0 Å². The summed E-state index contributed by atoms with van der Waals surface area (Å²) in [5.74, 6) is -4.47. The van der Waals surface area contributed by atoms with Crippen molar-refractivity contribution in [2.75, 3.05) is 37.6 Å². The second kappa shape index (κ2) is 11.1. The van der Waals surface area contributed by atoms with E-state index < -0.39 is 49.4 Å². The lowest BCUT2D eigenvalue weighted by Crippen LogP contribution is -2.38. The van der Waals surface area contributed by atoms with Crippen molar-refractivity contribution in [3.05, 3.63) is 84.3 Å². The van der Waals surface area contributed by atoms with Crippen LogP contribution in [0.25, 0.3) is 22.4 Å². The van der Waals surface area contributed by atoms with Crippen molar-refractivity contribution in [2.24, 2.45) is 0 Å². The average Bonchev–Trinajstić information content (AvgIpc) is 3.35. The minimum Gasteiger partial charge on any atom is -0.379 e. The number of ether oxygens (including phenoxy) is 1. The van der Waals surface area contributed by atoms with Gasteiger partial charge in [-0.1, -0.05) is 0 Å². The van der Waals surface area contributed by atoms with Gasteiger partial charge in [0.25, 0.3) is 10.0 Å². The molecule has 3 heterocycles. The van der Waals surface area contributed by atoms with E-state index in [-0.39, 0.29) is 5.69 Å². The Labute approximate surface area is 221 Å². The highest BCUT2D eigenvalue weighted by Gasteiger charge is 2.26. The van der Waals surface area contributed by atoms with Crippen LogP contribution in [0.2, 0.25) is 0 Å². The van der Waals surface area contributed by atoms with Gasteiger partial charge in [0.05, 0.1) is 31.0 Å². The largest absolute Gasteiger partial charge is 0.379 e. The molecule has 0 saturated carbocycles. The summed E-state index contributed by atoms with van der Waals surface area (Å²) in [6.45, 7) is 3.79. The van der Waals surface area contributed by atoms with Gasteiger partial charge in [-0.25, -0.2) is 26.0 Å². The maximum Gasteiger partial charge on any atom is 0.265 e. The van der Waals surface area contributed by atoms with Gasteiger partial charge in [-0.2, -0.15) is 5.10 Å². The molecule has 0 radical (unpaired) electrons. The fraction of sp³-hybridized carbons (Fsp3) is 0.231. The number of nitrogens with zero attached hydrogens (tertiary/aromatic N) is 4. The molecule has 0 spiro atoms. The Morgan fingerprint density at radius 3 is 2.38 bits per heavy atom. The van der Waals surface area contributed by atoms with E-state index in [1.165, 1.54) is 12.4 Å². The first kappa shape index (κ1) is 26.8. The predicted molar refractivity (Wildman–Crippen MR) is 135 cm³/mol. The highest BCUT2D eigenvalue weighted by molar-refractivity contribution is 7.92. The molecule has 5 rings (SSSR count). The molecule has 1 aliphatic heterocycles. The van der Waals surface area contributed by atoms with E-state index in [0.29, 0.717) is 49.6 Å². The Morgan fingerprint density at radius 1 is 0.923 bits per heavy atom. The van der Waals surface area contributed by atoms with Gasteiger partial charge in [0.2, 0.25) is 0 Å². The zero-order valence-corrected chi connectivity index (χ0v) is 21.3. The Balaban J connectivity index is 1.54. The minimum absolute atomic E-state index is 0.0591. The van der Waals surface area contributed by atoms with Gasteiger partial charge in [0.1, 0.15) is 28.0 Å². The molecule has 8 nitrogen and oxygen atoms in total. The summed E-state index contributed by atoms with van der Waals surface area (Å²) < 4.78 is 93.1. The van der Waals surface area contributed by atoms with Crippen LogP contribution in [0.3, 0.4) is 0 Å². The third kappa shape index (κ3) is 5.79. The quantitative estimate of drug-likeness (QED) is 0.323. The smallest absolute Gasteiger partial charge is 0.265 e. The third-order valence-corrected chi connectivity index (χ3v) is 7.64. The lowest BCUT2D eigenvalue weighted by molar-refractivity contribution is 0.0360. The van der Waals surface area contributed by atoms with Crippen molar-refractivity contribution in [3.63, 3.8) is 0 Å². The molecule has 2 aromatic heterocycles. The zero-order chi connectivity index (χ0) is 27.6. The van der Waals surface area contributed by atoms with Crippen LogP contribution >= 0.6 is 0 Å². The average molecular weight is 562 g/mol. The van der Waals surface area contributed by atoms with E-state index in [1.54, 1.807) is 23.0 Å². The number of morpholine rings is 1. The molecule has 204 valence electrons. The van der Waals surface area contributed by atoms with E-state index >= 15 is 8.78 Å². The molecule has 39 heavy (non-hydrogen) atoms. The lowest BCUT2D eigenvalue weighted by Gasteiger charge is -2.26. The summed E-state index contributed by atoms with van der Waals surface area (Å²) in [4.78, 5) is 5.14. The Hall–Kier alpha value is -3.81. The van der Waals surface area contributed by atoms with E-state index in [4.69, 9.17) is 4.74 Å². The third-order valence-electron chi connectivity index (χ3n) is 6.26. The van der Waals surface area contributed by atoms with Crippen LogP contribution in [0.1, 0.15) is 0 Å². The summed E-state index contributed by atoms with van der Waals surface area (Å²) in [5.41, 5.74) is -0.306. The number of halogens is 4. The van der Waals surface area contributed by atoms with Crippen molar-refractivity contribution >= 4 is 15.7 Å². The van der Waals surface area contributed by atoms with Gasteiger partial charge in [0, 0.05) is 43.8 Å². The van der Waals surface area contributed by atoms with Crippen molar-refractivity contribution < 1.29 is 30.7 Å². The monoisotopic (exact) mass is 561 g/mol. The number of sulfonamides is 1. The second-order valence-corrected chi connectivity index (χ2v) is 10.5. The number of rotatable bonds is 8. The van der Waals surface area contributed by atoms with E-state index in [9.17, 15) is 17.2 Å². The molecule has 1 aliphatic rings. The number of hydrogen-bond acceptors (Lipinski definition) is 6. The van der Waals surface area contributed by atoms with Crippen LogP contribution in [0, 0.1) is 23.3 Å². The maximum atomic E-state index is 15.8. The minimum atomic E-state index is -4.76. The molecule has 2 aromatic carbocycles. The standard InChI is InChI=1S/C26H23F4N5O3S/c27-18-1-2-20(28)23(15-18)39(36,37)33-22-4-3-21(29)24(25(22)30)26-19(17-5-7-31-8-6-17)16-35(32-26)10-9-34-11-13-38-14-12-34/h1-8,15-16,33H,9-14H2. The number of hydrogen-bond donors (Lipinski definition) is 1. The summed E-state index contributed by atoms with van der Waals surface area (Å²) in [6.07, 6.45) is 4.70. The fourth-order valence-corrected chi connectivity index (χ4v) is 5.41. The van der Waals surface area contributed by atoms with Crippen LogP contribution in [-0.2, 0) is 21.3 Å². The number of anilines is 1. The predicted octanol–water partition coefficient (Wildman–Crippen LogP) is 4.30. The molecule has 0 bridgehead atoms. The molecule has 1 saturated heterocycles. The van der Waals surface area contributed by atoms with Crippen LogP contribution in [0.4, 0.5) is 23.2 Å². The molecule has 0 amide bonds. The first-order valence-electron chi connectivity index (χ1n) is 12.0. The SMILES string of the molecule is O=S(=O)(Nc1ccc(F)c(-c2nn(CCN3CCOCC3)cc2-c2ccncc2)c1F)c1cc(F)ccc1F. The molecule has 0 atom stereocenters. The molecule has 1 fully saturated rings. The van der Waals surface area contributed by atoms with Crippen molar-refractivity contribution in [3.8, 4) is 22.4 Å². The van der Waals surface area contributed by atoms with Crippen LogP contribution in [-0.4, -0.2) is 60.9 Å². The van der Waals surface area contributed by atoms with Crippen molar-refractivity contribution in [1.29, 1.82) is 0 Å². The Morgan fingerprint density at radius 2 is 1.64 bits per heavy atom. The Kier molecular flexibility index (Phi) is 7.64. The van der Waals surface area contributed by atoms with Gasteiger partial charge in [-0.3, -0.25) is 19.3 Å². The van der Waals surface area contributed by atoms with Gasteiger partial charge in [-0.05, 0) is 48.0 Å². The van der Waals surface area contributed by atoms with E-state index in [0.717, 1.165) is 31.3 Å². The lowest BCUT2D eigenvalue weighted by atomic mass is 10.0. The number of aromatic nitrogens is 3. The highest BCUT2D eigenvalue weighted by atomic mass is 32.2. The van der Waals surface area contributed by atoms with Gasteiger partial charge >= 0.3 is 0 Å². The van der Waals surface area contributed by atoms with Crippen LogP contribution < -0.4 is 4.72 Å². The molecule has 4 aromatic rings. The first-order chi connectivity index (χ1) is 18.7.